The van der Waals surface area contributed by atoms with Crippen LogP contribution in [0.5, 0.6) is 0 Å². The number of hydrogen-bond donors (Lipinski definition) is 1. The van der Waals surface area contributed by atoms with E-state index in [0.29, 0.717) is 11.3 Å². The number of rotatable bonds is 3. The first-order valence-electron chi connectivity index (χ1n) is 5.40. The fraction of sp³-hybridized carbons (Fsp3) is 0.0769. The Balaban J connectivity index is 2.41. The molecule has 4 nitrogen and oxygen atoms in total. The average molecular weight is 281 g/mol. The summed E-state index contributed by atoms with van der Waals surface area (Å²) in [5.41, 5.74) is 2.02. The molecule has 1 N–H and O–H groups in total. The molecule has 2 rings (SSSR count). The van der Waals surface area contributed by atoms with E-state index in [1.165, 1.54) is 24.4 Å². The molecule has 1 aromatic carbocycles. The lowest BCUT2D eigenvalue weighted by Crippen LogP contribution is -1.99. The molecular formula is C13H10ClFN2O2. The third-order valence-corrected chi connectivity index (χ3v) is 2.89. The van der Waals surface area contributed by atoms with Crippen molar-refractivity contribution in [2.45, 2.75) is 6.92 Å². The molecule has 6 heteroatoms. The molecule has 0 atom stereocenters. The Bertz CT molecular complexity index is 665. The summed E-state index contributed by atoms with van der Waals surface area (Å²) in [6, 6.07) is 4.26. The van der Waals surface area contributed by atoms with Gasteiger partial charge in [-0.1, -0.05) is 11.6 Å². The van der Waals surface area contributed by atoms with Crippen LogP contribution in [0.3, 0.4) is 0 Å². The zero-order valence-corrected chi connectivity index (χ0v) is 10.7. The van der Waals surface area contributed by atoms with Gasteiger partial charge in [0.05, 0.1) is 16.9 Å². The van der Waals surface area contributed by atoms with Crippen LogP contribution in [0.25, 0.3) is 11.8 Å². The van der Waals surface area contributed by atoms with E-state index in [2.05, 4.69) is 5.10 Å². The van der Waals surface area contributed by atoms with Gasteiger partial charge in [0.25, 0.3) is 0 Å². The number of aromatic nitrogens is 2. The minimum atomic E-state index is -1.03. The van der Waals surface area contributed by atoms with E-state index in [1.807, 2.05) is 0 Å². The number of carboxylic acids is 1. The highest BCUT2D eigenvalue weighted by Gasteiger charge is 2.08. The first-order chi connectivity index (χ1) is 8.99. The van der Waals surface area contributed by atoms with Crippen LogP contribution in [0.4, 0.5) is 4.39 Å². The van der Waals surface area contributed by atoms with Gasteiger partial charge < -0.3 is 5.11 Å². The molecule has 0 radical (unpaired) electrons. The Morgan fingerprint density at radius 3 is 2.89 bits per heavy atom. The summed E-state index contributed by atoms with van der Waals surface area (Å²) in [5.74, 6) is -1.53. The number of aliphatic carboxylic acids is 1. The number of halogens is 2. The molecule has 98 valence electrons. The zero-order valence-electron chi connectivity index (χ0n) is 9.97. The summed E-state index contributed by atoms with van der Waals surface area (Å²) in [4.78, 5) is 10.5. The minimum Gasteiger partial charge on any atom is -0.478 e. The first kappa shape index (κ1) is 13.3. The lowest BCUT2D eigenvalue weighted by molar-refractivity contribution is -0.131. The zero-order chi connectivity index (χ0) is 14.0. The molecule has 1 heterocycles. The maximum Gasteiger partial charge on any atom is 0.328 e. The Kier molecular flexibility index (Phi) is 3.66. The van der Waals surface area contributed by atoms with Crippen LogP contribution >= 0.6 is 11.6 Å². The molecule has 0 bridgehead atoms. The third kappa shape index (κ3) is 2.82. The normalized spacial score (nSPS) is 11.1. The van der Waals surface area contributed by atoms with E-state index in [-0.39, 0.29) is 5.02 Å². The quantitative estimate of drug-likeness (QED) is 0.879. The number of hydrogen-bond acceptors (Lipinski definition) is 2. The molecule has 0 amide bonds. The van der Waals surface area contributed by atoms with E-state index < -0.39 is 11.8 Å². The van der Waals surface area contributed by atoms with Gasteiger partial charge in [-0.05, 0) is 31.2 Å². The lowest BCUT2D eigenvalue weighted by atomic mass is 10.2. The second-order valence-electron chi connectivity index (χ2n) is 3.87. The number of carboxylic acid groups (broad SMARTS) is 1. The van der Waals surface area contributed by atoms with Crippen molar-refractivity contribution in [2.24, 2.45) is 0 Å². The third-order valence-electron chi connectivity index (χ3n) is 2.60. The second kappa shape index (κ2) is 5.24. The van der Waals surface area contributed by atoms with E-state index in [0.717, 1.165) is 11.8 Å². The second-order valence-corrected chi connectivity index (χ2v) is 4.27. The van der Waals surface area contributed by atoms with Crippen molar-refractivity contribution < 1.29 is 14.3 Å². The van der Waals surface area contributed by atoms with Crippen LogP contribution in [0.15, 0.2) is 30.5 Å². The first-order valence-corrected chi connectivity index (χ1v) is 5.78. The van der Waals surface area contributed by atoms with E-state index >= 15 is 0 Å². The van der Waals surface area contributed by atoms with Crippen molar-refractivity contribution in [1.29, 1.82) is 0 Å². The Morgan fingerprint density at radius 2 is 2.26 bits per heavy atom. The van der Waals surface area contributed by atoms with Gasteiger partial charge >= 0.3 is 5.97 Å². The molecule has 0 aliphatic heterocycles. The van der Waals surface area contributed by atoms with Crippen LogP contribution in [0.1, 0.15) is 11.3 Å². The van der Waals surface area contributed by atoms with E-state index in [4.69, 9.17) is 16.7 Å². The van der Waals surface area contributed by atoms with Crippen LogP contribution < -0.4 is 0 Å². The fourth-order valence-electron chi connectivity index (χ4n) is 1.62. The van der Waals surface area contributed by atoms with Crippen molar-refractivity contribution in [3.8, 4) is 5.69 Å². The number of nitrogens with zero attached hydrogens (tertiary/aromatic N) is 2. The monoisotopic (exact) mass is 280 g/mol. The smallest absolute Gasteiger partial charge is 0.328 e. The molecular weight excluding hydrogens is 271 g/mol. The van der Waals surface area contributed by atoms with Crippen molar-refractivity contribution in [2.75, 3.05) is 0 Å². The van der Waals surface area contributed by atoms with Gasteiger partial charge in [-0.2, -0.15) is 5.10 Å². The summed E-state index contributed by atoms with van der Waals surface area (Å²) in [5, 5.41) is 12.7. The SMILES string of the molecule is Cc1c(/C=C/C(=O)O)cnn1-c1ccc(F)c(Cl)c1. The molecule has 19 heavy (non-hydrogen) atoms. The number of benzene rings is 1. The van der Waals surface area contributed by atoms with Crippen LogP contribution in [-0.4, -0.2) is 20.9 Å². The predicted octanol–water partition coefficient (Wildman–Crippen LogP) is 3.07. The molecule has 0 aliphatic carbocycles. The molecule has 0 unspecified atom stereocenters. The summed E-state index contributed by atoms with van der Waals surface area (Å²) < 4.78 is 14.7. The minimum absolute atomic E-state index is 0.00929. The van der Waals surface area contributed by atoms with Gasteiger partial charge in [0, 0.05) is 17.3 Å². The Labute approximate surface area is 113 Å². The van der Waals surface area contributed by atoms with Gasteiger partial charge in [0.2, 0.25) is 0 Å². The van der Waals surface area contributed by atoms with E-state index in [9.17, 15) is 9.18 Å². The predicted molar refractivity (Wildman–Crippen MR) is 69.9 cm³/mol. The lowest BCUT2D eigenvalue weighted by Gasteiger charge is -2.05. The highest BCUT2D eigenvalue weighted by molar-refractivity contribution is 6.30. The maximum atomic E-state index is 13.1. The number of carbonyl (C=O) groups is 1. The van der Waals surface area contributed by atoms with Gasteiger partial charge in [-0.3, -0.25) is 0 Å². The van der Waals surface area contributed by atoms with Gasteiger partial charge in [0.15, 0.2) is 0 Å². The van der Waals surface area contributed by atoms with Crippen molar-refractivity contribution in [3.63, 3.8) is 0 Å². The molecule has 2 aromatic rings. The highest BCUT2D eigenvalue weighted by Crippen LogP contribution is 2.21. The van der Waals surface area contributed by atoms with Crippen molar-refractivity contribution in [1.82, 2.24) is 9.78 Å². The van der Waals surface area contributed by atoms with Crippen molar-refractivity contribution >= 4 is 23.6 Å². The van der Waals surface area contributed by atoms with Gasteiger partial charge in [-0.15, -0.1) is 0 Å². The largest absolute Gasteiger partial charge is 0.478 e. The molecule has 0 spiro atoms. The summed E-state index contributed by atoms with van der Waals surface area (Å²) >= 11 is 5.72. The maximum absolute atomic E-state index is 13.1. The molecule has 0 saturated heterocycles. The summed E-state index contributed by atoms with van der Waals surface area (Å²) in [6.45, 7) is 1.78. The van der Waals surface area contributed by atoms with Crippen molar-refractivity contribution in [3.05, 3.63) is 52.6 Å². The van der Waals surface area contributed by atoms with E-state index in [1.54, 1.807) is 17.7 Å². The van der Waals surface area contributed by atoms with Crippen LogP contribution in [0, 0.1) is 12.7 Å². The summed E-state index contributed by atoms with van der Waals surface area (Å²) in [6.07, 6.45) is 4.02. The fourth-order valence-corrected chi connectivity index (χ4v) is 1.80. The summed E-state index contributed by atoms with van der Waals surface area (Å²) in [7, 11) is 0. The molecule has 1 aromatic heterocycles. The highest BCUT2D eigenvalue weighted by atomic mass is 35.5. The standard InChI is InChI=1S/C13H10ClFN2O2/c1-8-9(2-5-13(18)19)7-16-17(8)10-3-4-12(15)11(14)6-10/h2-7H,1H3,(H,18,19)/b5-2+. The Hall–Kier alpha value is -2.14. The van der Waals surface area contributed by atoms with Crippen LogP contribution in [0.2, 0.25) is 5.02 Å². The topological polar surface area (TPSA) is 55.1 Å². The Morgan fingerprint density at radius 1 is 1.53 bits per heavy atom. The van der Waals surface area contributed by atoms with Gasteiger partial charge in [0.1, 0.15) is 5.82 Å². The molecule has 0 aliphatic rings. The van der Waals surface area contributed by atoms with Crippen LogP contribution in [-0.2, 0) is 4.79 Å². The molecule has 0 fully saturated rings. The average Bonchev–Trinajstić information content (AvgIpc) is 2.72. The molecule has 0 saturated carbocycles. The van der Waals surface area contributed by atoms with Gasteiger partial charge in [-0.25, -0.2) is 13.9 Å².